The van der Waals surface area contributed by atoms with Gasteiger partial charge in [-0.1, -0.05) is 54.2 Å². The van der Waals surface area contributed by atoms with Crippen LogP contribution in [-0.4, -0.2) is 38.9 Å². The summed E-state index contributed by atoms with van der Waals surface area (Å²) in [7, 11) is 1.86. The monoisotopic (exact) mass is 487 g/mol. The Labute approximate surface area is 207 Å². The number of nitrogens with zero attached hydrogens (tertiary/aromatic N) is 3. The van der Waals surface area contributed by atoms with Gasteiger partial charge >= 0.3 is 0 Å². The predicted molar refractivity (Wildman–Crippen MR) is 138 cm³/mol. The normalized spacial score (nSPS) is 10.6. The van der Waals surface area contributed by atoms with Crippen molar-refractivity contribution < 1.29 is 14.3 Å². The Balaban J connectivity index is 1.38. The Kier molecular flexibility index (Phi) is 7.79. The molecule has 4 aromatic rings. The second-order valence-electron chi connectivity index (χ2n) is 7.53. The maximum atomic E-state index is 12.9. The largest absolute Gasteiger partial charge is 0.494 e. The van der Waals surface area contributed by atoms with Crippen LogP contribution in [0, 0.1) is 0 Å². The number of anilines is 2. The molecule has 0 saturated heterocycles. The van der Waals surface area contributed by atoms with E-state index in [1.165, 1.54) is 11.8 Å². The fourth-order valence-electron chi connectivity index (χ4n) is 3.39. The number of ether oxygens (including phenoxy) is 1. The van der Waals surface area contributed by atoms with Crippen LogP contribution in [0.15, 0.2) is 84.0 Å². The molecule has 1 aromatic heterocycles. The SMILES string of the molecule is CCOc1ccc(NC(=O)c2ccccc2NC(=O)CSc2nnc(-c3ccccc3)n2C)cc1. The number of carbonyl (C=O) groups is 2. The number of benzene rings is 3. The zero-order valence-corrected chi connectivity index (χ0v) is 20.2. The molecule has 0 aliphatic rings. The molecule has 4 rings (SSSR count). The Hall–Kier alpha value is -4.11. The smallest absolute Gasteiger partial charge is 0.257 e. The molecule has 0 aliphatic heterocycles. The van der Waals surface area contributed by atoms with E-state index < -0.39 is 0 Å². The third kappa shape index (κ3) is 6.07. The van der Waals surface area contributed by atoms with Crippen LogP contribution in [0.1, 0.15) is 17.3 Å². The number of hydrogen-bond donors (Lipinski definition) is 2. The van der Waals surface area contributed by atoms with E-state index >= 15 is 0 Å². The number of amides is 2. The van der Waals surface area contributed by atoms with Gasteiger partial charge < -0.3 is 19.9 Å². The Morgan fingerprint density at radius 3 is 2.37 bits per heavy atom. The minimum atomic E-state index is -0.321. The topological polar surface area (TPSA) is 98.1 Å². The average Bonchev–Trinajstić information content (AvgIpc) is 3.25. The first-order chi connectivity index (χ1) is 17.0. The molecule has 3 aromatic carbocycles. The second kappa shape index (κ2) is 11.3. The van der Waals surface area contributed by atoms with Crippen LogP contribution in [0.4, 0.5) is 11.4 Å². The van der Waals surface area contributed by atoms with E-state index in [1.807, 2.05) is 48.9 Å². The van der Waals surface area contributed by atoms with Crippen molar-refractivity contribution in [2.75, 3.05) is 23.0 Å². The molecule has 2 N–H and O–H groups in total. The van der Waals surface area contributed by atoms with Crippen LogP contribution < -0.4 is 15.4 Å². The van der Waals surface area contributed by atoms with Gasteiger partial charge in [-0.05, 0) is 43.3 Å². The second-order valence-corrected chi connectivity index (χ2v) is 8.47. The molecule has 0 saturated carbocycles. The van der Waals surface area contributed by atoms with Gasteiger partial charge in [-0.25, -0.2) is 0 Å². The molecule has 1 heterocycles. The van der Waals surface area contributed by atoms with E-state index in [9.17, 15) is 9.59 Å². The average molecular weight is 488 g/mol. The lowest BCUT2D eigenvalue weighted by Gasteiger charge is -2.12. The highest BCUT2D eigenvalue weighted by molar-refractivity contribution is 7.99. The van der Waals surface area contributed by atoms with Crippen LogP contribution in [0.5, 0.6) is 5.75 Å². The first-order valence-electron chi connectivity index (χ1n) is 11.1. The van der Waals surface area contributed by atoms with Crippen molar-refractivity contribution in [2.24, 2.45) is 7.05 Å². The van der Waals surface area contributed by atoms with Crippen LogP contribution in [0.3, 0.4) is 0 Å². The van der Waals surface area contributed by atoms with Gasteiger partial charge in [-0.3, -0.25) is 9.59 Å². The summed E-state index contributed by atoms with van der Waals surface area (Å²) in [6.45, 7) is 2.48. The van der Waals surface area contributed by atoms with E-state index in [4.69, 9.17) is 4.74 Å². The van der Waals surface area contributed by atoms with Crippen LogP contribution in [0.25, 0.3) is 11.4 Å². The number of aromatic nitrogens is 3. The van der Waals surface area contributed by atoms with Gasteiger partial charge in [0.05, 0.1) is 23.6 Å². The highest BCUT2D eigenvalue weighted by atomic mass is 32.2. The van der Waals surface area contributed by atoms with Crippen LogP contribution in [-0.2, 0) is 11.8 Å². The number of hydrogen-bond acceptors (Lipinski definition) is 6. The highest BCUT2D eigenvalue weighted by Gasteiger charge is 2.16. The molecule has 0 bridgehead atoms. The van der Waals surface area contributed by atoms with E-state index in [0.717, 1.165) is 17.1 Å². The Bertz CT molecular complexity index is 1310. The van der Waals surface area contributed by atoms with Crippen molar-refractivity contribution in [1.82, 2.24) is 14.8 Å². The molecule has 0 spiro atoms. The molecule has 178 valence electrons. The third-order valence-corrected chi connectivity index (χ3v) is 6.09. The zero-order chi connectivity index (χ0) is 24.6. The van der Waals surface area contributed by atoms with Gasteiger partial charge in [0.15, 0.2) is 11.0 Å². The van der Waals surface area contributed by atoms with Gasteiger partial charge in [0.2, 0.25) is 5.91 Å². The lowest BCUT2D eigenvalue weighted by Crippen LogP contribution is -2.19. The van der Waals surface area contributed by atoms with Gasteiger partial charge in [0, 0.05) is 18.3 Å². The minimum Gasteiger partial charge on any atom is -0.494 e. The first-order valence-corrected chi connectivity index (χ1v) is 12.0. The Morgan fingerprint density at radius 1 is 0.914 bits per heavy atom. The summed E-state index contributed by atoms with van der Waals surface area (Å²) < 4.78 is 7.28. The number of para-hydroxylation sites is 1. The third-order valence-electron chi connectivity index (χ3n) is 5.07. The summed E-state index contributed by atoms with van der Waals surface area (Å²) >= 11 is 1.28. The maximum absolute atomic E-state index is 12.9. The summed E-state index contributed by atoms with van der Waals surface area (Å²) in [6, 6.07) is 23.7. The minimum absolute atomic E-state index is 0.121. The summed E-state index contributed by atoms with van der Waals surface area (Å²) in [6.07, 6.45) is 0. The molecule has 2 amide bonds. The quantitative estimate of drug-likeness (QED) is 0.327. The maximum Gasteiger partial charge on any atom is 0.257 e. The van der Waals surface area contributed by atoms with E-state index in [0.29, 0.717) is 28.7 Å². The predicted octanol–water partition coefficient (Wildman–Crippen LogP) is 4.86. The number of rotatable bonds is 9. The van der Waals surface area contributed by atoms with Gasteiger partial charge in [-0.2, -0.15) is 0 Å². The van der Waals surface area contributed by atoms with E-state index in [2.05, 4.69) is 20.8 Å². The zero-order valence-electron chi connectivity index (χ0n) is 19.4. The molecule has 0 fully saturated rings. The summed E-state index contributed by atoms with van der Waals surface area (Å²) in [5, 5.41) is 14.8. The molecule has 0 unspecified atom stereocenters. The van der Waals surface area contributed by atoms with Crippen molar-refractivity contribution in [3.8, 4) is 17.1 Å². The fourth-order valence-corrected chi connectivity index (χ4v) is 4.10. The molecule has 0 aliphatic carbocycles. The van der Waals surface area contributed by atoms with Crippen LogP contribution >= 0.6 is 11.8 Å². The summed E-state index contributed by atoms with van der Waals surface area (Å²) in [5.41, 5.74) is 2.38. The van der Waals surface area contributed by atoms with Crippen molar-refractivity contribution in [3.05, 3.63) is 84.4 Å². The van der Waals surface area contributed by atoms with Crippen molar-refractivity contribution >= 4 is 35.0 Å². The Morgan fingerprint density at radius 2 is 1.63 bits per heavy atom. The van der Waals surface area contributed by atoms with Gasteiger partial charge in [0.25, 0.3) is 5.91 Å². The van der Waals surface area contributed by atoms with Crippen molar-refractivity contribution in [3.63, 3.8) is 0 Å². The first kappa shape index (κ1) is 24.0. The standard InChI is InChI=1S/C26H25N5O3S/c1-3-34-20-15-13-19(14-16-20)27-25(33)21-11-7-8-12-22(21)28-23(32)17-35-26-30-29-24(31(26)2)18-9-5-4-6-10-18/h4-16H,3,17H2,1-2H3,(H,27,33)(H,28,32). The molecular formula is C26H25N5O3S. The lowest BCUT2D eigenvalue weighted by atomic mass is 10.1. The molecule has 0 radical (unpaired) electrons. The van der Waals surface area contributed by atoms with Crippen molar-refractivity contribution in [2.45, 2.75) is 12.1 Å². The number of nitrogens with one attached hydrogen (secondary N) is 2. The van der Waals surface area contributed by atoms with Gasteiger partial charge in [0.1, 0.15) is 5.75 Å². The highest BCUT2D eigenvalue weighted by Crippen LogP contribution is 2.23. The number of carbonyl (C=O) groups excluding carboxylic acids is 2. The fraction of sp³-hybridized carbons (Fsp3) is 0.154. The molecule has 8 nitrogen and oxygen atoms in total. The molecule has 9 heteroatoms. The summed E-state index contributed by atoms with van der Waals surface area (Å²) in [5.74, 6) is 1.01. The van der Waals surface area contributed by atoms with E-state index in [-0.39, 0.29) is 17.6 Å². The lowest BCUT2D eigenvalue weighted by molar-refractivity contribution is -0.113. The molecule has 0 atom stereocenters. The van der Waals surface area contributed by atoms with E-state index in [1.54, 1.807) is 48.5 Å². The number of thioether (sulfide) groups is 1. The van der Waals surface area contributed by atoms with Crippen molar-refractivity contribution in [1.29, 1.82) is 0 Å². The summed E-state index contributed by atoms with van der Waals surface area (Å²) in [4.78, 5) is 25.5. The molecule has 35 heavy (non-hydrogen) atoms. The van der Waals surface area contributed by atoms with Gasteiger partial charge in [-0.15, -0.1) is 10.2 Å². The van der Waals surface area contributed by atoms with Crippen LogP contribution in [0.2, 0.25) is 0 Å². The molecular weight excluding hydrogens is 462 g/mol.